The molecule has 0 spiro atoms. The average Bonchev–Trinajstić information content (AvgIpc) is 3.29. The van der Waals surface area contributed by atoms with E-state index in [4.69, 9.17) is 4.74 Å². The van der Waals surface area contributed by atoms with Crippen LogP contribution in [0.3, 0.4) is 0 Å². The number of hydrogen-bond acceptors (Lipinski definition) is 8. The van der Waals surface area contributed by atoms with Gasteiger partial charge >= 0.3 is 5.97 Å². The molecule has 3 rings (SSSR count). The highest BCUT2D eigenvalue weighted by atomic mass is 32.2. The number of carbonyl (C=O) groups is 2. The maximum absolute atomic E-state index is 12.4. The molecule has 0 unspecified atom stereocenters. The van der Waals surface area contributed by atoms with Crippen molar-refractivity contribution in [2.45, 2.75) is 25.5 Å². The molecule has 3 aromatic heterocycles. The van der Waals surface area contributed by atoms with Gasteiger partial charge in [0.2, 0.25) is 5.91 Å². The number of nitrogens with zero attached hydrogens (tertiary/aromatic N) is 4. The van der Waals surface area contributed by atoms with Gasteiger partial charge in [-0.15, -0.1) is 21.5 Å². The fraction of sp³-hybridized carbons (Fsp3) is 0.278. The van der Waals surface area contributed by atoms with Crippen LogP contribution in [0.2, 0.25) is 0 Å². The van der Waals surface area contributed by atoms with E-state index < -0.39 is 5.97 Å². The summed E-state index contributed by atoms with van der Waals surface area (Å²) in [6, 6.07) is 5.43. The number of methoxy groups -OCH3 is 1. The maximum Gasteiger partial charge on any atom is 0.340 e. The highest BCUT2D eigenvalue weighted by Crippen LogP contribution is 2.29. The Labute approximate surface area is 170 Å². The molecule has 8 nitrogen and oxygen atoms in total. The van der Waals surface area contributed by atoms with Gasteiger partial charge in [0.25, 0.3) is 0 Å². The SMILES string of the molecule is CCn1c(SCC(=O)Nc2sc(C)cc2C(=O)OC)nnc1-c1ccncc1. The van der Waals surface area contributed by atoms with Crippen LogP contribution in [0.5, 0.6) is 0 Å². The normalized spacial score (nSPS) is 10.7. The number of anilines is 1. The quantitative estimate of drug-likeness (QED) is 0.465. The number of thioether (sulfide) groups is 1. The first-order valence-corrected chi connectivity index (χ1v) is 10.3. The molecule has 0 aliphatic heterocycles. The second-order valence-corrected chi connectivity index (χ2v) is 7.91. The third-order valence-corrected chi connectivity index (χ3v) is 5.75. The van der Waals surface area contributed by atoms with Crippen LogP contribution in [0.1, 0.15) is 22.2 Å². The predicted octanol–water partition coefficient (Wildman–Crippen LogP) is 3.25. The molecule has 1 amide bonds. The molecule has 0 atom stereocenters. The van der Waals surface area contributed by atoms with Gasteiger partial charge in [-0.25, -0.2) is 4.79 Å². The van der Waals surface area contributed by atoms with E-state index in [0.29, 0.717) is 22.3 Å². The summed E-state index contributed by atoms with van der Waals surface area (Å²) in [5.74, 6) is 0.175. The van der Waals surface area contributed by atoms with Gasteiger partial charge in [-0.1, -0.05) is 11.8 Å². The molecule has 28 heavy (non-hydrogen) atoms. The number of hydrogen-bond donors (Lipinski definition) is 1. The first-order valence-electron chi connectivity index (χ1n) is 8.48. The van der Waals surface area contributed by atoms with Crippen molar-refractivity contribution in [2.75, 3.05) is 18.2 Å². The Kier molecular flexibility index (Phi) is 6.42. The van der Waals surface area contributed by atoms with Crippen molar-refractivity contribution < 1.29 is 14.3 Å². The Morgan fingerprint density at radius 1 is 1.29 bits per heavy atom. The van der Waals surface area contributed by atoms with Gasteiger partial charge in [0, 0.05) is 29.4 Å². The molecule has 0 bridgehead atoms. The molecule has 3 aromatic rings. The lowest BCUT2D eigenvalue weighted by molar-refractivity contribution is -0.113. The van der Waals surface area contributed by atoms with Gasteiger partial charge in [0.1, 0.15) is 5.00 Å². The van der Waals surface area contributed by atoms with E-state index in [9.17, 15) is 9.59 Å². The van der Waals surface area contributed by atoms with Crippen LogP contribution in [0.25, 0.3) is 11.4 Å². The summed E-state index contributed by atoms with van der Waals surface area (Å²) in [6.07, 6.45) is 3.40. The van der Waals surface area contributed by atoms with Crippen molar-refractivity contribution in [3.63, 3.8) is 0 Å². The molecule has 0 aliphatic carbocycles. The largest absolute Gasteiger partial charge is 0.465 e. The topological polar surface area (TPSA) is 99.0 Å². The minimum Gasteiger partial charge on any atom is -0.465 e. The lowest BCUT2D eigenvalue weighted by atomic mass is 10.2. The van der Waals surface area contributed by atoms with Crippen molar-refractivity contribution >= 4 is 40.0 Å². The summed E-state index contributed by atoms with van der Waals surface area (Å²) < 4.78 is 6.71. The van der Waals surface area contributed by atoms with E-state index in [0.717, 1.165) is 16.3 Å². The molecular formula is C18H19N5O3S2. The number of aryl methyl sites for hydroxylation is 1. The Bertz CT molecular complexity index is 985. The van der Waals surface area contributed by atoms with Crippen LogP contribution in [0, 0.1) is 6.92 Å². The van der Waals surface area contributed by atoms with E-state index >= 15 is 0 Å². The second-order valence-electron chi connectivity index (χ2n) is 5.71. The number of esters is 1. The number of amides is 1. The van der Waals surface area contributed by atoms with E-state index in [1.54, 1.807) is 18.5 Å². The second kappa shape index (κ2) is 8.98. The summed E-state index contributed by atoms with van der Waals surface area (Å²) in [7, 11) is 1.31. The molecule has 0 fully saturated rings. The summed E-state index contributed by atoms with van der Waals surface area (Å²) in [5.41, 5.74) is 1.28. The predicted molar refractivity (Wildman–Crippen MR) is 109 cm³/mol. The third-order valence-electron chi connectivity index (χ3n) is 3.82. The number of pyridine rings is 1. The molecule has 0 saturated carbocycles. The first kappa shape index (κ1) is 20.0. The van der Waals surface area contributed by atoms with E-state index in [1.807, 2.05) is 30.5 Å². The molecule has 146 valence electrons. The molecule has 3 heterocycles. The lowest BCUT2D eigenvalue weighted by Crippen LogP contribution is -2.16. The van der Waals surface area contributed by atoms with Crippen LogP contribution in [0.15, 0.2) is 35.7 Å². The van der Waals surface area contributed by atoms with Crippen LogP contribution in [-0.4, -0.2) is 44.5 Å². The standard InChI is InChI=1S/C18H19N5O3S2/c1-4-23-15(12-5-7-19-8-6-12)21-22-18(23)27-10-14(24)20-16-13(17(25)26-3)9-11(2)28-16/h5-9H,4,10H2,1-3H3,(H,20,24). The van der Waals surface area contributed by atoms with E-state index in [1.165, 1.54) is 30.2 Å². The van der Waals surface area contributed by atoms with Gasteiger partial charge in [0.05, 0.1) is 18.4 Å². The van der Waals surface area contributed by atoms with Crippen molar-refractivity contribution in [1.82, 2.24) is 19.7 Å². The average molecular weight is 418 g/mol. The van der Waals surface area contributed by atoms with Crippen molar-refractivity contribution in [1.29, 1.82) is 0 Å². The molecule has 0 aliphatic rings. The fourth-order valence-electron chi connectivity index (χ4n) is 2.56. The van der Waals surface area contributed by atoms with E-state index in [2.05, 4.69) is 20.5 Å². The molecule has 0 aromatic carbocycles. The number of thiophene rings is 1. The summed E-state index contributed by atoms with van der Waals surface area (Å²) in [6.45, 7) is 4.53. The highest BCUT2D eigenvalue weighted by molar-refractivity contribution is 7.99. The zero-order chi connectivity index (χ0) is 20.1. The molecule has 10 heteroatoms. The van der Waals surface area contributed by atoms with Gasteiger partial charge < -0.3 is 14.6 Å². The zero-order valence-electron chi connectivity index (χ0n) is 15.6. The monoisotopic (exact) mass is 417 g/mol. The molecule has 0 saturated heterocycles. The van der Waals surface area contributed by atoms with Crippen LogP contribution >= 0.6 is 23.1 Å². The smallest absolute Gasteiger partial charge is 0.340 e. The zero-order valence-corrected chi connectivity index (χ0v) is 17.3. The van der Waals surface area contributed by atoms with E-state index in [-0.39, 0.29) is 11.7 Å². The lowest BCUT2D eigenvalue weighted by Gasteiger charge is -2.08. The number of aromatic nitrogens is 4. The third kappa shape index (κ3) is 4.39. The summed E-state index contributed by atoms with van der Waals surface area (Å²) >= 11 is 2.63. The van der Waals surface area contributed by atoms with Crippen molar-refractivity contribution in [3.05, 3.63) is 41.0 Å². The Morgan fingerprint density at radius 2 is 2.04 bits per heavy atom. The van der Waals surface area contributed by atoms with Gasteiger partial charge in [0.15, 0.2) is 11.0 Å². The summed E-state index contributed by atoms with van der Waals surface area (Å²) in [4.78, 5) is 29.1. The number of carbonyl (C=O) groups excluding carboxylic acids is 2. The Morgan fingerprint density at radius 3 is 2.71 bits per heavy atom. The highest BCUT2D eigenvalue weighted by Gasteiger charge is 2.19. The first-order chi connectivity index (χ1) is 13.5. The van der Waals surface area contributed by atoms with Gasteiger partial charge in [-0.3, -0.25) is 9.78 Å². The van der Waals surface area contributed by atoms with Gasteiger partial charge in [-0.05, 0) is 32.0 Å². The minimum atomic E-state index is -0.472. The number of ether oxygens (including phenoxy) is 1. The van der Waals surface area contributed by atoms with Crippen LogP contribution < -0.4 is 5.32 Å². The Balaban J connectivity index is 1.69. The summed E-state index contributed by atoms with van der Waals surface area (Å²) in [5, 5.41) is 12.4. The number of nitrogens with one attached hydrogen (secondary N) is 1. The van der Waals surface area contributed by atoms with Gasteiger partial charge in [-0.2, -0.15) is 0 Å². The molecule has 0 radical (unpaired) electrons. The van der Waals surface area contributed by atoms with Crippen LogP contribution in [-0.2, 0) is 16.1 Å². The minimum absolute atomic E-state index is 0.145. The van der Waals surface area contributed by atoms with Crippen LogP contribution in [0.4, 0.5) is 5.00 Å². The fourth-order valence-corrected chi connectivity index (χ4v) is 4.27. The Hall–Kier alpha value is -2.72. The van der Waals surface area contributed by atoms with Crippen molar-refractivity contribution in [3.8, 4) is 11.4 Å². The van der Waals surface area contributed by atoms with Crippen molar-refractivity contribution in [2.24, 2.45) is 0 Å². The molecule has 1 N–H and O–H groups in total. The maximum atomic E-state index is 12.4. The molecular weight excluding hydrogens is 398 g/mol. The number of rotatable bonds is 7.